The highest BCUT2D eigenvalue weighted by atomic mass is 79.9. The zero-order chi connectivity index (χ0) is 22.8. The van der Waals surface area contributed by atoms with E-state index in [1.54, 1.807) is 18.5 Å². The van der Waals surface area contributed by atoms with E-state index in [2.05, 4.69) is 67.8 Å². The quantitative estimate of drug-likeness (QED) is 0.352. The number of alkyl halides is 2. The molecule has 0 aromatic carbocycles. The van der Waals surface area contributed by atoms with E-state index >= 15 is 0 Å². The Bertz CT molecular complexity index is 841. The summed E-state index contributed by atoms with van der Waals surface area (Å²) in [7, 11) is 0. The maximum Gasteiger partial charge on any atom is 0.415 e. The van der Waals surface area contributed by atoms with Crippen LogP contribution in [0, 0.1) is 0 Å². The lowest BCUT2D eigenvalue weighted by Gasteiger charge is -2.10. The van der Waals surface area contributed by atoms with Crippen molar-refractivity contribution in [1.82, 2.24) is 15.3 Å². The first-order valence-electron chi connectivity index (χ1n) is 8.75. The second kappa shape index (κ2) is 13.4. The molecule has 2 aromatic heterocycles. The van der Waals surface area contributed by atoms with Crippen LogP contribution in [0.3, 0.4) is 0 Å². The lowest BCUT2D eigenvalue weighted by molar-refractivity contribution is 0.149. The van der Waals surface area contributed by atoms with Gasteiger partial charge in [0, 0.05) is 21.3 Å². The Hall–Kier alpha value is -1.14. The Morgan fingerprint density at radius 2 is 1.61 bits per heavy atom. The van der Waals surface area contributed by atoms with Crippen molar-refractivity contribution in [1.29, 1.82) is 0 Å². The molecule has 2 unspecified atom stereocenters. The molecule has 0 radical (unpaired) electrons. The van der Waals surface area contributed by atoms with E-state index in [4.69, 9.17) is 27.9 Å². The third-order valence-electron chi connectivity index (χ3n) is 3.65. The summed E-state index contributed by atoms with van der Waals surface area (Å²) in [6, 6.07) is 7.38. The zero-order valence-electron chi connectivity index (χ0n) is 15.8. The van der Waals surface area contributed by atoms with Gasteiger partial charge in [0.1, 0.15) is 22.6 Å². The van der Waals surface area contributed by atoms with Crippen LogP contribution in [0.25, 0.3) is 0 Å². The molecule has 8 nitrogen and oxygen atoms in total. The number of carbonyl (C=O) groups excluding carboxylic acids is 2. The minimum absolute atomic E-state index is 0.121. The summed E-state index contributed by atoms with van der Waals surface area (Å²) >= 11 is 20.7. The molecule has 13 heteroatoms. The molecule has 2 aromatic rings. The Labute approximate surface area is 214 Å². The van der Waals surface area contributed by atoms with E-state index in [0.717, 1.165) is 13.5 Å². The van der Waals surface area contributed by atoms with Gasteiger partial charge in [0.25, 0.3) is 0 Å². The molecule has 31 heavy (non-hydrogen) atoms. The molecule has 0 saturated carbocycles. The number of halogens is 5. The second-order valence-electron chi connectivity index (χ2n) is 5.97. The first kappa shape index (κ1) is 26.1. The molecule has 4 heterocycles. The van der Waals surface area contributed by atoms with Gasteiger partial charge in [-0.2, -0.15) is 0 Å². The molecule has 1 N–H and O–H groups in total. The number of rotatable bonds is 3. The van der Waals surface area contributed by atoms with Crippen LogP contribution in [-0.4, -0.2) is 59.2 Å². The Kier molecular flexibility index (Phi) is 11.3. The van der Waals surface area contributed by atoms with Crippen molar-refractivity contribution in [2.45, 2.75) is 12.2 Å². The van der Waals surface area contributed by atoms with E-state index in [1.165, 1.54) is 4.90 Å². The van der Waals surface area contributed by atoms with Gasteiger partial charge in [-0.15, -0.1) is 23.2 Å². The van der Waals surface area contributed by atoms with Gasteiger partial charge in [0.05, 0.1) is 24.8 Å². The number of alkyl carbamates (subject to hydrolysis) is 1. The fraction of sp³-hybridized carbons (Fsp3) is 0.333. The molecule has 0 spiro atoms. The number of anilines is 1. The number of pyridine rings is 2. The Balaban J connectivity index is 0.000000181. The molecular weight excluding hydrogens is 647 g/mol. The van der Waals surface area contributed by atoms with Crippen LogP contribution in [0.4, 0.5) is 15.4 Å². The van der Waals surface area contributed by atoms with Crippen LogP contribution >= 0.6 is 71.0 Å². The molecule has 2 fully saturated rings. The van der Waals surface area contributed by atoms with Crippen molar-refractivity contribution in [3.8, 4) is 0 Å². The van der Waals surface area contributed by atoms with Crippen LogP contribution < -0.4 is 10.2 Å². The van der Waals surface area contributed by atoms with Crippen LogP contribution in [0.5, 0.6) is 0 Å². The van der Waals surface area contributed by atoms with Gasteiger partial charge < -0.3 is 14.8 Å². The number of hydrogen-bond donors (Lipinski definition) is 1. The van der Waals surface area contributed by atoms with Crippen LogP contribution in [-0.2, 0) is 9.47 Å². The summed E-state index contributed by atoms with van der Waals surface area (Å²) < 4.78 is 12.4. The average Bonchev–Trinajstić information content (AvgIpc) is 3.37. The number of cyclic esters (lactones) is 2. The van der Waals surface area contributed by atoms with E-state index < -0.39 is 6.09 Å². The summed E-state index contributed by atoms with van der Waals surface area (Å²) in [5, 5.41) is 2.47. The van der Waals surface area contributed by atoms with E-state index in [1.807, 2.05) is 18.2 Å². The highest BCUT2D eigenvalue weighted by Gasteiger charge is 2.32. The Morgan fingerprint density at radius 1 is 0.968 bits per heavy atom. The molecule has 2 atom stereocenters. The van der Waals surface area contributed by atoms with Gasteiger partial charge in [-0.05, 0) is 72.1 Å². The summed E-state index contributed by atoms with van der Waals surface area (Å²) in [5.41, 5.74) is 0. The highest BCUT2D eigenvalue weighted by Crippen LogP contribution is 2.21. The monoisotopic (exact) mass is 660 g/mol. The second-order valence-corrected chi connectivity index (χ2v) is 9.23. The van der Waals surface area contributed by atoms with Gasteiger partial charge in [-0.1, -0.05) is 0 Å². The molecule has 0 bridgehead atoms. The van der Waals surface area contributed by atoms with Gasteiger partial charge in [-0.25, -0.2) is 19.6 Å². The topological polar surface area (TPSA) is 93.6 Å². The van der Waals surface area contributed by atoms with Crippen molar-refractivity contribution in [3.05, 3.63) is 50.2 Å². The van der Waals surface area contributed by atoms with Crippen LogP contribution in [0.15, 0.2) is 50.2 Å². The third kappa shape index (κ3) is 9.09. The van der Waals surface area contributed by atoms with Crippen molar-refractivity contribution in [3.63, 3.8) is 0 Å². The molecule has 2 aliphatic heterocycles. The van der Waals surface area contributed by atoms with Gasteiger partial charge in [0.2, 0.25) is 0 Å². The highest BCUT2D eigenvalue weighted by molar-refractivity contribution is 9.11. The molecule has 168 valence electrons. The normalized spacial score (nSPS) is 19.3. The third-order valence-corrected chi connectivity index (χ3v) is 5.74. The lowest BCUT2D eigenvalue weighted by atomic mass is 10.4. The molecule has 2 saturated heterocycles. The molecule has 2 aliphatic rings. The fourth-order valence-corrected chi connectivity index (χ4v) is 3.23. The largest absolute Gasteiger partial charge is 0.443 e. The minimum Gasteiger partial charge on any atom is -0.443 e. The first-order chi connectivity index (χ1) is 14.8. The average molecular weight is 664 g/mol. The van der Waals surface area contributed by atoms with Gasteiger partial charge in [0.15, 0.2) is 0 Å². The number of amides is 2. The minimum atomic E-state index is -0.393. The standard InChI is InChI=1S/C9H8BrClN2O2.C5H3Br2N.C4H6ClNO2/c10-6-1-2-8(12-4-6)13-5-7(3-11)15-9(13)14;6-4-1-2-5(7)8-3-4;5-1-3-2-6-4(7)8-3/h1-2,4,7H,3,5H2;1-3H;3H,1-2H2,(H,6,7). The SMILES string of the molecule is Brc1ccc(Br)nc1.O=C1NCC(CCl)O1.O=C1OC(CCl)CN1c1ccc(Br)cn1. The molecule has 0 aliphatic carbocycles. The number of ether oxygens (including phenoxy) is 2. The van der Waals surface area contributed by atoms with Crippen molar-refractivity contribution >= 4 is 89.0 Å². The maximum atomic E-state index is 11.4. The fourth-order valence-electron chi connectivity index (χ4n) is 2.19. The summed E-state index contributed by atoms with van der Waals surface area (Å²) in [6.45, 7) is 0.999. The van der Waals surface area contributed by atoms with Gasteiger partial charge >= 0.3 is 12.2 Å². The number of nitrogens with zero attached hydrogens (tertiary/aromatic N) is 3. The summed E-state index contributed by atoms with van der Waals surface area (Å²) in [5.74, 6) is 1.26. The van der Waals surface area contributed by atoms with Gasteiger partial charge in [-0.3, -0.25) is 4.90 Å². The molecule has 2 amide bonds. The van der Waals surface area contributed by atoms with Crippen molar-refractivity contribution < 1.29 is 19.1 Å². The number of aromatic nitrogens is 2. The summed E-state index contributed by atoms with van der Waals surface area (Å²) in [4.78, 5) is 31.2. The number of nitrogens with one attached hydrogen (secondary N) is 1. The first-order valence-corrected chi connectivity index (χ1v) is 12.2. The predicted octanol–water partition coefficient (Wildman–Crippen LogP) is 5.35. The molecule has 4 rings (SSSR count). The van der Waals surface area contributed by atoms with Crippen LogP contribution in [0.2, 0.25) is 0 Å². The van der Waals surface area contributed by atoms with Crippen LogP contribution in [0.1, 0.15) is 0 Å². The van der Waals surface area contributed by atoms with E-state index in [9.17, 15) is 9.59 Å². The van der Waals surface area contributed by atoms with Crippen molar-refractivity contribution in [2.75, 3.05) is 29.7 Å². The molecular formula is C18H17Br3Cl2N4O4. The van der Waals surface area contributed by atoms with E-state index in [0.29, 0.717) is 30.7 Å². The zero-order valence-corrected chi connectivity index (χ0v) is 22.1. The number of hydrogen-bond acceptors (Lipinski definition) is 6. The predicted molar refractivity (Wildman–Crippen MR) is 129 cm³/mol. The smallest absolute Gasteiger partial charge is 0.415 e. The Morgan fingerprint density at radius 3 is 2.00 bits per heavy atom. The van der Waals surface area contributed by atoms with E-state index in [-0.39, 0.29) is 18.3 Å². The lowest BCUT2D eigenvalue weighted by Crippen LogP contribution is -2.25. The van der Waals surface area contributed by atoms with Crippen molar-refractivity contribution in [2.24, 2.45) is 0 Å². The number of carbonyl (C=O) groups is 2. The summed E-state index contributed by atoms with van der Waals surface area (Å²) in [6.07, 6.45) is 2.25. The maximum absolute atomic E-state index is 11.4.